The van der Waals surface area contributed by atoms with Crippen molar-refractivity contribution in [2.45, 2.75) is 30.3 Å². The van der Waals surface area contributed by atoms with E-state index >= 15 is 0 Å². The molecule has 0 bridgehead atoms. The number of thiophene rings is 1. The average molecular weight is 321 g/mol. The van der Waals surface area contributed by atoms with Crippen LogP contribution in [0, 0.1) is 0 Å². The molecule has 2 aromatic heterocycles. The SMILES string of the molecule is C[C@H](S[C@H]1CCCN(c2cnn(C)c2)C1=O)c1cccs1. The Bertz CT molecular complexity index is 608. The molecule has 0 saturated carbocycles. The smallest absolute Gasteiger partial charge is 0.240 e. The van der Waals surface area contributed by atoms with E-state index in [-0.39, 0.29) is 11.2 Å². The van der Waals surface area contributed by atoms with E-state index in [0.717, 1.165) is 25.1 Å². The topological polar surface area (TPSA) is 38.1 Å². The number of hydrogen-bond donors (Lipinski definition) is 0. The highest BCUT2D eigenvalue weighted by atomic mass is 32.2. The summed E-state index contributed by atoms with van der Waals surface area (Å²) in [6.07, 6.45) is 5.70. The van der Waals surface area contributed by atoms with Gasteiger partial charge in [-0.15, -0.1) is 23.1 Å². The maximum absolute atomic E-state index is 12.7. The molecule has 2 aromatic rings. The molecule has 1 fully saturated rings. The van der Waals surface area contributed by atoms with E-state index in [0.29, 0.717) is 5.25 Å². The van der Waals surface area contributed by atoms with E-state index in [1.807, 2.05) is 18.1 Å². The van der Waals surface area contributed by atoms with Gasteiger partial charge < -0.3 is 4.90 Å². The first kappa shape index (κ1) is 14.7. The molecule has 2 atom stereocenters. The van der Waals surface area contributed by atoms with Gasteiger partial charge in [0.2, 0.25) is 5.91 Å². The first-order valence-corrected chi connectivity index (χ1v) is 8.96. The van der Waals surface area contributed by atoms with E-state index < -0.39 is 0 Å². The molecule has 0 N–H and O–H groups in total. The summed E-state index contributed by atoms with van der Waals surface area (Å²) in [7, 11) is 1.88. The average Bonchev–Trinajstić information content (AvgIpc) is 3.12. The third-order valence-electron chi connectivity index (χ3n) is 3.70. The van der Waals surface area contributed by atoms with Crippen LogP contribution < -0.4 is 4.90 Å². The highest BCUT2D eigenvalue weighted by molar-refractivity contribution is 8.00. The zero-order valence-electron chi connectivity index (χ0n) is 12.2. The maximum atomic E-state index is 12.7. The third-order valence-corrected chi connectivity index (χ3v) is 6.34. The second-order valence-corrected chi connectivity index (χ2v) is 7.81. The number of rotatable bonds is 4. The first-order valence-electron chi connectivity index (χ1n) is 7.14. The van der Waals surface area contributed by atoms with Crippen molar-refractivity contribution in [2.24, 2.45) is 7.05 Å². The van der Waals surface area contributed by atoms with E-state index in [9.17, 15) is 4.79 Å². The molecule has 0 aromatic carbocycles. The Morgan fingerprint density at radius 2 is 2.38 bits per heavy atom. The Hall–Kier alpha value is -1.27. The van der Waals surface area contributed by atoms with Gasteiger partial charge in [0, 0.05) is 29.9 Å². The Balaban J connectivity index is 1.70. The van der Waals surface area contributed by atoms with Crippen molar-refractivity contribution in [1.82, 2.24) is 9.78 Å². The summed E-state index contributed by atoms with van der Waals surface area (Å²) in [4.78, 5) is 15.9. The fourth-order valence-electron chi connectivity index (χ4n) is 2.61. The van der Waals surface area contributed by atoms with Crippen LogP contribution >= 0.6 is 23.1 Å². The molecule has 112 valence electrons. The normalized spacial score (nSPS) is 20.8. The summed E-state index contributed by atoms with van der Waals surface area (Å²) in [6, 6.07) is 4.22. The molecule has 4 nitrogen and oxygen atoms in total. The van der Waals surface area contributed by atoms with Crippen LogP contribution in [0.4, 0.5) is 5.69 Å². The van der Waals surface area contributed by atoms with Crippen molar-refractivity contribution in [2.75, 3.05) is 11.4 Å². The van der Waals surface area contributed by atoms with Gasteiger partial charge in [-0.1, -0.05) is 6.07 Å². The summed E-state index contributed by atoms with van der Waals surface area (Å²) in [5, 5.41) is 6.69. The van der Waals surface area contributed by atoms with E-state index in [2.05, 4.69) is 29.5 Å². The van der Waals surface area contributed by atoms with Crippen LogP contribution in [-0.2, 0) is 11.8 Å². The number of thioether (sulfide) groups is 1. The number of nitrogens with zero attached hydrogens (tertiary/aromatic N) is 3. The molecule has 1 aliphatic heterocycles. The van der Waals surface area contributed by atoms with Crippen molar-refractivity contribution >= 4 is 34.7 Å². The molecule has 0 aliphatic carbocycles. The Morgan fingerprint density at radius 1 is 1.52 bits per heavy atom. The second kappa shape index (κ2) is 6.23. The largest absolute Gasteiger partial charge is 0.309 e. The lowest BCUT2D eigenvalue weighted by Gasteiger charge is -2.32. The molecule has 1 amide bonds. The quantitative estimate of drug-likeness (QED) is 0.865. The summed E-state index contributed by atoms with van der Waals surface area (Å²) in [6.45, 7) is 2.99. The molecule has 0 spiro atoms. The lowest BCUT2D eigenvalue weighted by atomic mass is 10.1. The second-order valence-electron chi connectivity index (χ2n) is 5.29. The number of amides is 1. The monoisotopic (exact) mass is 321 g/mol. The van der Waals surface area contributed by atoms with Gasteiger partial charge >= 0.3 is 0 Å². The summed E-state index contributed by atoms with van der Waals surface area (Å²) >= 11 is 3.55. The fraction of sp³-hybridized carbons (Fsp3) is 0.467. The van der Waals surface area contributed by atoms with Crippen LogP contribution in [0.15, 0.2) is 29.9 Å². The molecule has 1 aliphatic rings. The van der Waals surface area contributed by atoms with Crippen molar-refractivity contribution in [3.05, 3.63) is 34.8 Å². The Labute approximate surface area is 133 Å². The van der Waals surface area contributed by atoms with Gasteiger partial charge in [0.1, 0.15) is 0 Å². The molecule has 6 heteroatoms. The minimum atomic E-state index is 0.0519. The number of aryl methyl sites for hydroxylation is 1. The number of carbonyl (C=O) groups is 1. The molecule has 0 radical (unpaired) electrons. The fourth-order valence-corrected chi connectivity index (χ4v) is 4.86. The third kappa shape index (κ3) is 3.16. The van der Waals surface area contributed by atoms with Gasteiger partial charge in [-0.05, 0) is 31.2 Å². The van der Waals surface area contributed by atoms with Gasteiger partial charge in [0.15, 0.2) is 0 Å². The summed E-state index contributed by atoms with van der Waals surface area (Å²) < 4.78 is 1.74. The van der Waals surface area contributed by atoms with Crippen LogP contribution in [0.2, 0.25) is 0 Å². The van der Waals surface area contributed by atoms with Crippen molar-refractivity contribution in [3.63, 3.8) is 0 Å². The lowest BCUT2D eigenvalue weighted by molar-refractivity contribution is -0.119. The van der Waals surface area contributed by atoms with Gasteiger partial charge in [0.25, 0.3) is 0 Å². The Morgan fingerprint density at radius 3 is 3.05 bits per heavy atom. The highest BCUT2D eigenvalue weighted by Crippen LogP contribution is 2.38. The van der Waals surface area contributed by atoms with Crippen molar-refractivity contribution in [1.29, 1.82) is 0 Å². The van der Waals surface area contributed by atoms with E-state index in [4.69, 9.17) is 0 Å². The van der Waals surface area contributed by atoms with E-state index in [1.54, 1.807) is 34.0 Å². The molecular weight excluding hydrogens is 302 g/mol. The van der Waals surface area contributed by atoms with Crippen LogP contribution in [0.3, 0.4) is 0 Å². The van der Waals surface area contributed by atoms with Crippen molar-refractivity contribution in [3.8, 4) is 0 Å². The molecule has 3 heterocycles. The van der Waals surface area contributed by atoms with Crippen LogP contribution in [-0.4, -0.2) is 27.5 Å². The number of aromatic nitrogens is 2. The van der Waals surface area contributed by atoms with Gasteiger partial charge in [-0.2, -0.15) is 5.10 Å². The minimum Gasteiger partial charge on any atom is -0.309 e. The summed E-state index contributed by atoms with van der Waals surface area (Å²) in [5.41, 5.74) is 0.913. The van der Waals surface area contributed by atoms with E-state index in [1.165, 1.54) is 4.88 Å². The predicted octanol–water partition coefficient (Wildman–Crippen LogP) is 3.47. The number of hydrogen-bond acceptors (Lipinski definition) is 4. The first-order chi connectivity index (χ1) is 10.1. The molecule has 1 saturated heterocycles. The zero-order chi connectivity index (χ0) is 14.8. The molecule has 3 rings (SSSR count). The van der Waals surface area contributed by atoms with Gasteiger partial charge in [-0.3, -0.25) is 9.48 Å². The minimum absolute atomic E-state index is 0.0519. The molecule has 0 unspecified atom stereocenters. The lowest BCUT2D eigenvalue weighted by Crippen LogP contribution is -2.43. The van der Waals surface area contributed by atoms with Gasteiger partial charge in [0.05, 0.1) is 17.1 Å². The van der Waals surface area contributed by atoms with Crippen LogP contribution in [0.1, 0.15) is 29.9 Å². The molecule has 21 heavy (non-hydrogen) atoms. The zero-order valence-corrected chi connectivity index (χ0v) is 13.9. The Kier molecular flexibility index (Phi) is 4.35. The van der Waals surface area contributed by atoms with Gasteiger partial charge in [-0.25, -0.2) is 0 Å². The number of carbonyl (C=O) groups excluding carboxylic acids is 1. The summed E-state index contributed by atoms with van der Waals surface area (Å²) in [5.74, 6) is 0.225. The number of anilines is 1. The van der Waals surface area contributed by atoms with Crippen LogP contribution in [0.25, 0.3) is 0 Å². The highest BCUT2D eigenvalue weighted by Gasteiger charge is 2.32. The van der Waals surface area contributed by atoms with Crippen LogP contribution in [0.5, 0.6) is 0 Å². The predicted molar refractivity (Wildman–Crippen MR) is 88.9 cm³/mol. The molecular formula is C15H19N3OS2. The maximum Gasteiger partial charge on any atom is 0.240 e. The van der Waals surface area contributed by atoms with Crippen molar-refractivity contribution < 1.29 is 4.79 Å². The number of piperidine rings is 1. The standard InChI is InChI=1S/C15H19N3OS2/c1-11(13-6-4-8-20-13)21-14-5-3-7-18(15(14)19)12-9-16-17(2)10-12/h4,6,8-11,14H,3,5,7H2,1-2H3/t11-,14-/m0/s1.